The van der Waals surface area contributed by atoms with Gasteiger partial charge in [-0.3, -0.25) is 0 Å². The van der Waals surface area contributed by atoms with Crippen LogP contribution < -0.4 is 5.32 Å². The fourth-order valence-electron chi connectivity index (χ4n) is 1.71. The van der Waals surface area contributed by atoms with Gasteiger partial charge in [-0.05, 0) is 44.9 Å². The van der Waals surface area contributed by atoms with E-state index in [1.807, 2.05) is 0 Å². The Morgan fingerprint density at radius 3 is 2.59 bits per heavy atom. The van der Waals surface area contributed by atoms with Crippen molar-refractivity contribution in [3.05, 3.63) is 34.6 Å². The minimum Gasteiger partial charge on any atom is -0.444 e. The predicted octanol–water partition coefficient (Wildman–Crippen LogP) is 2.79. The van der Waals surface area contributed by atoms with E-state index in [0.717, 1.165) is 6.07 Å². The molecule has 2 atom stereocenters. The summed E-state index contributed by atoms with van der Waals surface area (Å²) in [5, 5.41) is 22.2. The number of benzene rings is 1. The number of amides is 1. The second kappa shape index (κ2) is 7.76. The molecule has 0 aliphatic heterocycles. The third kappa shape index (κ3) is 6.17. The van der Waals surface area contributed by atoms with Crippen molar-refractivity contribution in [1.82, 2.24) is 5.32 Å². The molecule has 0 radical (unpaired) electrons. The minimum absolute atomic E-state index is 0.0583. The van der Waals surface area contributed by atoms with Gasteiger partial charge >= 0.3 is 6.09 Å². The van der Waals surface area contributed by atoms with Crippen LogP contribution in [0.4, 0.5) is 9.18 Å². The number of halogens is 2. The Labute approximate surface area is 134 Å². The molecule has 0 bridgehead atoms. The van der Waals surface area contributed by atoms with Crippen LogP contribution in [-0.4, -0.2) is 34.6 Å². The van der Waals surface area contributed by atoms with E-state index in [1.54, 1.807) is 20.8 Å². The molecule has 0 fully saturated rings. The highest BCUT2D eigenvalue weighted by Gasteiger charge is 2.20. The average Bonchev–Trinajstić information content (AvgIpc) is 2.38. The SMILES string of the molecule is CC(C)(C)OC(=O)NCCC(O)C(O)c1ccc(Cl)c(F)c1. The summed E-state index contributed by atoms with van der Waals surface area (Å²) in [6.07, 6.45) is -2.94. The number of hydrogen-bond donors (Lipinski definition) is 3. The largest absolute Gasteiger partial charge is 0.444 e. The van der Waals surface area contributed by atoms with Gasteiger partial charge in [-0.2, -0.15) is 0 Å². The molecule has 0 aliphatic carbocycles. The first kappa shape index (κ1) is 18.7. The second-order valence-electron chi connectivity index (χ2n) is 5.90. The van der Waals surface area contributed by atoms with Gasteiger partial charge in [-0.1, -0.05) is 17.7 Å². The molecule has 1 aromatic rings. The maximum atomic E-state index is 13.3. The van der Waals surface area contributed by atoms with E-state index in [9.17, 15) is 19.4 Å². The maximum absolute atomic E-state index is 13.3. The molecule has 0 aromatic heterocycles. The predicted molar refractivity (Wildman–Crippen MR) is 81.2 cm³/mol. The van der Waals surface area contributed by atoms with E-state index in [2.05, 4.69) is 5.32 Å². The number of carbonyl (C=O) groups is 1. The summed E-state index contributed by atoms with van der Waals surface area (Å²) in [5.41, 5.74) is -0.394. The number of ether oxygens (including phenoxy) is 1. The monoisotopic (exact) mass is 333 g/mol. The molecular weight excluding hydrogens is 313 g/mol. The minimum atomic E-state index is -1.27. The van der Waals surface area contributed by atoms with Gasteiger partial charge in [-0.15, -0.1) is 0 Å². The van der Waals surface area contributed by atoms with Crippen LogP contribution in [0.15, 0.2) is 18.2 Å². The van der Waals surface area contributed by atoms with Crippen molar-refractivity contribution in [2.75, 3.05) is 6.54 Å². The standard InChI is InChI=1S/C15H21ClFNO4/c1-15(2,3)22-14(21)18-7-6-12(19)13(20)9-4-5-10(16)11(17)8-9/h4-5,8,12-13,19-20H,6-7H2,1-3H3,(H,18,21). The molecule has 0 heterocycles. The number of rotatable bonds is 5. The Morgan fingerprint density at radius 2 is 2.05 bits per heavy atom. The van der Waals surface area contributed by atoms with Gasteiger partial charge in [0.1, 0.15) is 17.5 Å². The van der Waals surface area contributed by atoms with Gasteiger partial charge in [0.05, 0.1) is 11.1 Å². The Balaban J connectivity index is 2.46. The third-order valence-corrected chi connectivity index (χ3v) is 3.06. The summed E-state index contributed by atoms with van der Waals surface area (Å²) in [5.74, 6) is -0.669. The highest BCUT2D eigenvalue weighted by atomic mass is 35.5. The lowest BCUT2D eigenvalue weighted by Crippen LogP contribution is -2.34. The zero-order chi connectivity index (χ0) is 16.9. The molecule has 2 unspecified atom stereocenters. The van der Waals surface area contributed by atoms with Crippen molar-refractivity contribution in [3.63, 3.8) is 0 Å². The van der Waals surface area contributed by atoms with E-state index in [0.29, 0.717) is 0 Å². The Bertz CT molecular complexity index is 519. The van der Waals surface area contributed by atoms with Crippen LogP contribution in [-0.2, 0) is 4.74 Å². The number of hydrogen-bond acceptors (Lipinski definition) is 4. The summed E-state index contributed by atoms with van der Waals surface area (Å²) in [6, 6.07) is 3.80. The third-order valence-electron chi connectivity index (χ3n) is 2.76. The summed E-state index contributed by atoms with van der Waals surface area (Å²) in [6.45, 7) is 5.32. The zero-order valence-electron chi connectivity index (χ0n) is 12.8. The van der Waals surface area contributed by atoms with Crippen LogP contribution in [0.25, 0.3) is 0 Å². The average molecular weight is 334 g/mol. The Morgan fingerprint density at radius 1 is 1.41 bits per heavy atom. The Hall–Kier alpha value is -1.37. The highest BCUT2D eigenvalue weighted by molar-refractivity contribution is 6.30. The van der Waals surface area contributed by atoms with Crippen LogP contribution in [0.1, 0.15) is 38.9 Å². The Kier molecular flexibility index (Phi) is 6.59. The molecular formula is C15H21ClFNO4. The van der Waals surface area contributed by atoms with Crippen molar-refractivity contribution in [1.29, 1.82) is 0 Å². The summed E-state index contributed by atoms with van der Waals surface area (Å²) in [7, 11) is 0. The molecule has 22 heavy (non-hydrogen) atoms. The summed E-state index contributed by atoms with van der Waals surface area (Å²) < 4.78 is 18.4. The topological polar surface area (TPSA) is 78.8 Å². The molecule has 1 rings (SSSR count). The van der Waals surface area contributed by atoms with Crippen molar-refractivity contribution in [3.8, 4) is 0 Å². The lowest BCUT2D eigenvalue weighted by Gasteiger charge is -2.21. The number of aliphatic hydroxyl groups excluding tert-OH is 2. The first-order chi connectivity index (χ1) is 10.1. The van der Waals surface area contributed by atoms with Gasteiger partial charge in [-0.25, -0.2) is 9.18 Å². The van der Waals surface area contributed by atoms with Crippen LogP contribution in [0.2, 0.25) is 5.02 Å². The van der Waals surface area contributed by atoms with Gasteiger partial charge in [0.15, 0.2) is 0 Å². The second-order valence-corrected chi connectivity index (χ2v) is 6.31. The van der Waals surface area contributed by atoms with E-state index < -0.39 is 29.7 Å². The van der Waals surface area contributed by atoms with Crippen molar-refractivity contribution in [2.45, 2.75) is 45.0 Å². The molecule has 1 aromatic carbocycles. The van der Waals surface area contributed by atoms with Gasteiger partial charge < -0.3 is 20.3 Å². The van der Waals surface area contributed by atoms with Crippen LogP contribution >= 0.6 is 11.6 Å². The van der Waals surface area contributed by atoms with Gasteiger partial charge in [0.25, 0.3) is 0 Å². The van der Waals surface area contributed by atoms with Gasteiger partial charge in [0.2, 0.25) is 0 Å². The normalized spacial score (nSPS) is 14.3. The molecule has 0 saturated carbocycles. The summed E-state index contributed by atoms with van der Waals surface area (Å²) >= 11 is 5.56. The fraction of sp³-hybridized carbons (Fsp3) is 0.533. The highest BCUT2D eigenvalue weighted by Crippen LogP contribution is 2.23. The van der Waals surface area contributed by atoms with Crippen molar-refractivity contribution < 1.29 is 24.1 Å². The van der Waals surface area contributed by atoms with E-state index in [1.165, 1.54) is 12.1 Å². The summed E-state index contributed by atoms with van der Waals surface area (Å²) in [4.78, 5) is 11.4. The fourth-order valence-corrected chi connectivity index (χ4v) is 1.83. The molecule has 3 N–H and O–H groups in total. The molecule has 0 spiro atoms. The smallest absolute Gasteiger partial charge is 0.407 e. The van der Waals surface area contributed by atoms with Crippen LogP contribution in [0.3, 0.4) is 0 Å². The van der Waals surface area contributed by atoms with Crippen molar-refractivity contribution >= 4 is 17.7 Å². The van der Waals surface area contributed by atoms with Crippen molar-refractivity contribution in [2.24, 2.45) is 0 Å². The molecule has 5 nitrogen and oxygen atoms in total. The molecule has 0 saturated heterocycles. The zero-order valence-corrected chi connectivity index (χ0v) is 13.5. The first-order valence-corrected chi connectivity index (χ1v) is 7.26. The van der Waals surface area contributed by atoms with E-state index in [-0.39, 0.29) is 23.6 Å². The number of alkyl carbamates (subject to hydrolysis) is 1. The van der Waals surface area contributed by atoms with E-state index >= 15 is 0 Å². The lowest BCUT2D eigenvalue weighted by molar-refractivity contribution is 0.0121. The number of nitrogens with one attached hydrogen (secondary N) is 1. The first-order valence-electron chi connectivity index (χ1n) is 6.88. The van der Waals surface area contributed by atoms with Crippen LogP contribution in [0.5, 0.6) is 0 Å². The molecule has 1 amide bonds. The number of aliphatic hydroxyl groups is 2. The lowest BCUT2D eigenvalue weighted by atomic mass is 10.0. The van der Waals surface area contributed by atoms with Crippen LogP contribution in [0, 0.1) is 5.82 Å². The molecule has 0 aliphatic rings. The quantitative estimate of drug-likeness (QED) is 0.774. The number of carbonyl (C=O) groups excluding carboxylic acids is 1. The van der Waals surface area contributed by atoms with E-state index in [4.69, 9.17) is 16.3 Å². The van der Waals surface area contributed by atoms with Gasteiger partial charge in [0, 0.05) is 6.54 Å². The molecule has 7 heteroatoms. The maximum Gasteiger partial charge on any atom is 0.407 e. The molecule has 124 valence electrons.